The highest BCUT2D eigenvalue weighted by Gasteiger charge is 2.25. The molecule has 0 radical (unpaired) electrons. The SMILES string of the molecule is CC1CCN(C(CNC(=O)C=Cc2ccc(N3CCCC3=O)cc2)C(C)C)CC1. The molecule has 1 atom stereocenters. The maximum Gasteiger partial charge on any atom is 0.244 e. The first-order chi connectivity index (χ1) is 13.9. The maximum atomic E-state index is 12.3. The average molecular weight is 398 g/mol. The van der Waals surface area contributed by atoms with E-state index in [4.69, 9.17) is 0 Å². The van der Waals surface area contributed by atoms with Gasteiger partial charge in [-0.1, -0.05) is 32.9 Å². The smallest absolute Gasteiger partial charge is 0.244 e. The zero-order chi connectivity index (χ0) is 20.8. The lowest BCUT2D eigenvalue weighted by Gasteiger charge is -2.38. The van der Waals surface area contributed by atoms with Crippen LogP contribution in [0.2, 0.25) is 0 Å². The summed E-state index contributed by atoms with van der Waals surface area (Å²) in [5.74, 6) is 1.45. The molecule has 2 amide bonds. The predicted molar refractivity (Wildman–Crippen MR) is 119 cm³/mol. The standard InChI is InChI=1S/C24H35N3O2/c1-18(2)22(26-15-12-19(3)13-16-26)17-25-23(28)11-8-20-6-9-21(10-7-20)27-14-4-5-24(27)29/h6-11,18-19,22H,4-5,12-17H2,1-3H3,(H,25,28). The fourth-order valence-corrected chi connectivity index (χ4v) is 4.27. The number of carbonyl (C=O) groups excluding carboxylic acids is 2. The Labute approximate surface area is 175 Å². The van der Waals surface area contributed by atoms with E-state index in [1.165, 1.54) is 12.8 Å². The summed E-state index contributed by atoms with van der Waals surface area (Å²) >= 11 is 0. The third-order valence-corrected chi connectivity index (χ3v) is 6.25. The number of likely N-dealkylation sites (tertiary alicyclic amines) is 1. The van der Waals surface area contributed by atoms with Gasteiger partial charge in [-0.15, -0.1) is 0 Å². The van der Waals surface area contributed by atoms with E-state index in [1.54, 1.807) is 6.08 Å². The van der Waals surface area contributed by atoms with E-state index in [9.17, 15) is 9.59 Å². The summed E-state index contributed by atoms with van der Waals surface area (Å²) in [5, 5.41) is 3.08. The van der Waals surface area contributed by atoms with Crippen LogP contribution in [-0.4, -0.2) is 48.9 Å². The summed E-state index contributed by atoms with van der Waals surface area (Å²) in [6, 6.07) is 8.20. The number of piperidine rings is 1. The van der Waals surface area contributed by atoms with E-state index in [-0.39, 0.29) is 11.8 Å². The van der Waals surface area contributed by atoms with Crippen LogP contribution in [0.4, 0.5) is 5.69 Å². The zero-order valence-electron chi connectivity index (χ0n) is 18.1. The number of anilines is 1. The zero-order valence-corrected chi connectivity index (χ0v) is 18.1. The monoisotopic (exact) mass is 397 g/mol. The minimum absolute atomic E-state index is 0.0557. The number of carbonyl (C=O) groups is 2. The lowest BCUT2D eigenvalue weighted by Crippen LogP contribution is -2.49. The minimum Gasteiger partial charge on any atom is -0.351 e. The van der Waals surface area contributed by atoms with Gasteiger partial charge in [0.2, 0.25) is 11.8 Å². The summed E-state index contributed by atoms with van der Waals surface area (Å²) in [6.07, 6.45) is 7.49. The van der Waals surface area contributed by atoms with Crippen molar-refractivity contribution in [3.05, 3.63) is 35.9 Å². The van der Waals surface area contributed by atoms with Gasteiger partial charge in [-0.05, 0) is 68.0 Å². The first-order valence-electron chi connectivity index (χ1n) is 11.0. The summed E-state index contributed by atoms with van der Waals surface area (Å²) in [7, 11) is 0. The molecule has 0 saturated carbocycles. The van der Waals surface area contributed by atoms with Gasteiger partial charge in [0.15, 0.2) is 0 Å². The number of hydrogen-bond acceptors (Lipinski definition) is 3. The third-order valence-electron chi connectivity index (χ3n) is 6.25. The van der Waals surface area contributed by atoms with E-state index in [1.807, 2.05) is 35.2 Å². The minimum atomic E-state index is -0.0557. The topological polar surface area (TPSA) is 52.7 Å². The number of amides is 2. The second kappa shape index (κ2) is 10.1. The van der Waals surface area contributed by atoms with E-state index >= 15 is 0 Å². The predicted octanol–water partition coefficient (Wildman–Crippen LogP) is 3.70. The third kappa shape index (κ3) is 5.92. The quantitative estimate of drug-likeness (QED) is 0.714. The Morgan fingerprint density at radius 2 is 1.86 bits per heavy atom. The Kier molecular flexibility index (Phi) is 7.48. The highest BCUT2D eigenvalue weighted by molar-refractivity contribution is 5.95. The fourth-order valence-electron chi connectivity index (χ4n) is 4.27. The number of benzene rings is 1. The molecule has 158 valence electrons. The Bertz CT molecular complexity index is 718. The molecule has 0 spiro atoms. The number of hydrogen-bond donors (Lipinski definition) is 1. The molecule has 0 bridgehead atoms. The van der Waals surface area contributed by atoms with Crippen LogP contribution in [0, 0.1) is 11.8 Å². The van der Waals surface area contributed by atoms with Crippen molar-refractivity contribution >= 4 is 23.6 Å². The molecule has 1 aromatic rings. The number of nitrogens with zero attached hydrogens (tertiary/aromatic N) is 2. The van der Waals surface area contributed by atoms with E-state index in [2.05, 4.69) is 31.0 Å². The Hall–Kier alpha value is -2.14. The van der Waals surface area contributed by atoms with Crippen molar-refractivity contribution < 1.29 is 9.59 Å². The molecule has 0 aliphatic carbocycles. The van der Waals surface area contributed by atoms with Crippen LogP contribution < -0.4 is 10.2 Å². The molecule has 2 heterocycles. The molecule has 1 aromatic carbocycles. The Balaban J connectivity index is 1.50. The lowest BCUT2D eigenvalue weighted by atomic mass is 9.94. The van der Waals surface area contributed by atoms with Gasteiger partial charge in [-0.2, -0.15) is 0 Å². The van der Waals surface area contributed by atoms with Gasteiger partial charge in [0, 0.05) is 37.3 Å². The maximum absolute atomic E-state index is 12.3. The van der Waals surface area contributed by atoms with Gasteiger partial charge in [-0.25, -0.2) is 0 Å². The van der Waals surface area contributed by atoms with Gasteiger partial charge in [0.1, 0.15) is 0 Å². The first kappa shape index (κ1) is 21.6. The van der Waals surface area contributed by atoms with Crippen LogP contribution in [0.25, 0.3) is 6.08 Å². The molecule has 2 fully saturated rings. The van der Waals surface area contributed by atoms with Crippen molar-refractivity contribution in [1.29, 1.82) is 0 Å². The van der Waals surface area contributed by atoms with Crippen LogP contribution in [0.1, 0.15) is 52.0 Å². The summed E-state index contributed by atoms with van der Waals surface area (Å²) < 4.78 is 0. The fraction of sp³-hybridized carbons (Fsp3) is 0.583. The normalized spacial score (nSPS) is 20.0. The van der Waals surface area contributed by atoms with Gasteiger partial charge in [0.05, 0.1) is 0 Å². The number of rotatable bonds is 7. The van der Waals surface area contributed by atoms with E-state index in [0.29, 0.717) is 24.9 Å². The molecule has 2 saturated heterocycles. The second-order valence-electron chi connectivity index (χ2n) is 8.85. The largest absolute Gasteiger partial charge is 0.351 e. The van der Waals surface area contributed by atoms with Crippen molar-refractivity contribution in [2.45, 2.75) is 52.5 Å². The first-order valence-corrected chi connectivity index (χ1v) is 11.0. The molecule has 1 N–H and O–H groups in total. The molecule has 2 aliphatic heterocycles. The van der Waals surface area contributed by atoms with Gasteiger partial charge in [-0.3, -0.25) is 14.5 Å². The molecular formula is C24H35N3O2. The summed E-state index contributed by atoms with van der Waals surface area (Å²) in [4.78, 5) is 28.5. The van der Waals surface area contributed by atoms with Crippen LogP contribution in [0.5, 0.6) is 0 Å². The van der Waals surface area contributed by atoms with Crippen LogP contribution in [0.3, 0.4) is 0 Å². The van der Waals surface area contributed by atoms with Crippen molar-refractivity contribution in [3.63, 3.8) is 0 Å². The molecule has 3 rings (SSSR count). The van der Waals surface area contributed by atoms with Crippen molar-refractivity contribution in [3.8, 4) is 0 Å². The molecule has 5 heteroatoms. The summed E-state index contributed by atoms with van der Waals surface area (Å²) in [5.41, 5.74) is 1.89. The summed E-state index contributed by atoms with van der Waals surface area (Å²) in [6.45, 7) is 10.5. The van der Waals surface area contributed by atoms with Gasteiger partial charge < -0.3 is 10.2 Å². The van der Waals surface area contributed by atoms with Crippen molar-refractivity contribution in [2.75, 3.05) is 31.1 Å². The average Bonchev–Trinajstić information content (AvgIpc) is 3.14. The van der Waals surface area contributed by atoms with Crippen LogP contribution >= 0.6 is 0 Å². The van der Waals surface area contributed by atoms with E-state index < -0.39 is 0 Å². The Morgan fingerprint density at radius 1 is 1.17 bits per heavy atom. The second-order valence-corrected chi connectivity index (χ2v) is 8.85. The lowest BCUT2D eigenvalue weighted by molar-refractivity contribution is -0.117. The number of nitrogens with one attached hydrogen (secondary N) is 1. The highest BCUT2D eigenvalue weighted by atomic mass is 16.2. The molecule has 0 aromatic heterocycles. The van der Waals surface area contributed by atoms with E-state index in [0.717, 1.165) is 43.2 Å². The van der Waals surface area contributed by atoms with Gasteiger partial charge >= 0.3 is 0 Å². The molecular weight excluding hydrogens is 362 g/mol. The molecule has 5 nitrogen and oxygen atoms in total. The molecule has 29 heavy (non-hydrogen) atoms. The molecule has 1 unspecified atom stereocenters. The van der Waals surface area contributed by atoms with Gasteiger partial charge in [0.25, 0.3) is 0 Å². The van der Waals surface area contributed by atoms with Crippen molar-refractivity contribution in [1.82, 2.24) is 10.2 Å². The van der Waals surface area contributed by atoms with Crippen LogP contribution in [0.15, 0.2) is 30.3 Å². The van der Waals surface area contributed by atoms with Crippen molar-refractivity contribution in [2.24, 2.45) is 11.8 Å². The Morgan fingerprint density at radius 3 is 2.45 bits per heavy atom. The molecule has 2 aliphatic rings. The van der Waals surface area contributed by atoms with Crippen LogP contribution in [-0.2, 0) is 9.59 Å². The highest BCUT2D eigenvalue weighted by Crippen LogP contribution is 2.22.